The lowest BCUT2D eigenvalue weighted by molar-refractivity contribution is -0.140. The summed E-state index contributed by atoms with van der Waals surface area (Å²) in [6, 6.07) is 8.82. The number of hydrogen-bond acceptors (Lipinski definition) is 5. The lowest BCUT2D eigenvalue weighted by atomic mass is 9.70. The third-order valence-corrected chi connectivity index (χ3v) is 5.46. The minimum Gasteiger partial charge on any atom is -0.369 e. The summed E-state index contributed by atoms with van der Waals surface area (Å²) in [4.78, 5) is 38.4. The first kappa shape index (κ1) is 24.8. The summed E-state index contributed by atoms with van der Waals surface area (Å²) in [6.45, 7) is 16.0. The Kier molecular flexibility index (Phi) is 9.96. The Morgan fingerprint density at radius 3 is 2.10 bits per heavy atom. The molecule has 5 heteroatoms. The number of ketones is 2. The Hall–Kier alpha value is -2.27. The molecule has 1 saturated heterocycles. The molecule has 0 spiro atoms. The van der Waals surface area contributed by atoms with E-state index in [1.807, 2.05) is 13.8 Å². The molecule has 1 atom stereocenters. The normalized spacial score (nSPS) is 22.2. The molecule has 0 amide bonds. The molecule has 1 unspecified atom stereocenters. The van der Waals surface area contributed by atoms with E-state index >= 15 is 0 Å². The molecule has 0 radical (unpaired) electrons. The SMILES string of the molecule is C=C1CC(=O)CC(C=O)(CC)C1=O.CC.Cc1ccc(N2CCN(C)CC2)cc1. The summed E-state index contributed by atoms with van der Waals surface area (Å²) in [5, 5.41) is 0. The molecule has 0 N–H and O–H groups in total. The van der Waals surface area contributed by atoms with Crippen molar-refractivity contribution in [1.82, 2.24) is 4.90 Å². The first-order valence-electron chi connectivity index (χ1n) is 10.5. The van der Waals surface area contributed by atoms with Crippen LogP contribution >= 0.6 is 0 Å². The fourth-order valence-electron chi connectivity index (χ4n) is 3.45. The Balaban J connectivity index is 0.000000268. The average molecular weight is 401 g/mol. The third kappa shape index (κ3) is 6.64. The van der Waals surface area contributed by atoms with E-state index in [0.29, 0.717) is 12.7 Å². The molecule has 3 rings (SSSR count). The molecule has 1 aromatic carbocycles. The van der Waals surface area contributed by atoms with Gasteiger partial charge in [-0.15, -0.1) is 0 Å². The van der Waals surface area contributed by atoms with Crippen molar-refractivity contribution in [2.24, 2.45) is 5.41 Å². The smallest absolute Gasteiger partial charge is 0.172 e. The van der Waals surface area contributed by atoms with Gasteiger partial charge < -0.3 is 14.6 Å². The molecule has 1 aliphatic heterocycles. The van der Waals surface area contributed by atoms with E-state index in [1.165, 1.54) is 24.3 Å². The zero-order valence-corrected chi connectivity index (χ0v) is 18.7. The molecule has 29 heavy (non-hydrogen) atoms. The van der Waals surface area contributed by atoms with Gasteiger partial charge in [-0.1, -0.05) is 45.0 Å². The summed E-state index contributed by atoms with van der Waals surface area (Å²) in [5.74, 6) is -0.330. The van der Waals surface area contributed by atoms with Crippen LogP contribution in [0.2, 0.25) is 0 Å². The number of anilines is 1. The van der Waals surface area contributed by atoms with Crippen molar-refractivity contribution in [3.05, 3.63) is 42.0 Å². The maximum Gasteiger partial charge on any atom is 0.172 e. The molecule has 0 aromatic heterocycles. The highest BCUT2D eigenvalue weighted by Crippen LogP contribution is 2.34. The van der Waals surface area contributed by atoms with Crippen LogP contribution in [-0.2, 0) is 14.4 Å². The van der Waals surface area contributed by atoms with Gasteiger partial charge in [0.05, 0.1) is 5.41 Å². The molecule has 1 saturated carbocycles. The number of piperazine rings is 1. The van der Waals surface area contributed by atoms with Crippen LogP contribution in [0, 0.1) is 12.3 Å². The monoisotopic (exact) mass is 400 g/mol. The molecule has 0 bridgehead atoms. The van der Waals surface area contributed by atoms with Crippen LogP contribution in [0.15, 0.2) is 36.4 Å². The number of rotatable bonds is 3. The van der Waals surface area contributed by atoms with Gasteiger partial charge in [0, 0.05) is 44.7 Å². The van der Waals surface area contributed by atoms with E-state index in [2.05, 4.69) is 54.6 Å². The Morgan fingerprint density at radius 2 is 1.62 bits per heavy atom. The fourth-order valence-corrected chi connectivity index (χ4v) is 3.45. The number of likely N-dealkylation sites (N-methyl/N-ethyl adjacent to an activating group) is 1. The Bertz CT molecular complexity index is 703. The highest BCUT2D eigenvalue weighted by atomic mass is 16.2. The van der Waals surface area contributed by atoms with Crippen LogP contribution in [0.3, 0.4) is 0 Å². The molecule has 1 heterocycles. The van der Waals surface area contributed by atoms with Gasteiger partial charge in [-0.2, -0.15) is 0 Å². The summed E-state index contributed by atoms with van der Waals surface area (Å²) < 4.78 is 0. The summed E-state index contributed by atoms with van der Waals surface area (Å²) in [6.07, 6.45) is 1.12. The van der Waals surface area contributed by atoms with Crippen LogP contribution in [0.5, 0.6) is 0 Å². The summed E-state index contributed by atoms with van der Waals surface area (Å²) in [7, 11) is 2.19. The van der Waals surface area contributed by atoms with Gasteiger partial charge in [0.2, 0.25) is 0 Å². The van der Waals surface area contributed by atoms with Gasteiger partial charge in [0.25, 0.3) is 0 Å². The van der Waals surface area contributed by atoms with Crippen molar-refractivity contribution in [1.29, 1.82) is 0 Å². The fraction of sp³-hybridized carbons (Fsp3) is 0.542. The van der Waals surface area contributed by atoms with Crippen molar-refractivity contribution in [3.63, 3.8) is 0 Å². The van der Waals surface area contributed by atoms with Crippen molar-refractivity contribution in [3.8, 4) is 0 Å². The molecule has 1 aliphatic carbocycles. The van der Waals surface area contributed by atoms with Gasteiger partial charge in [0.15, 0.2) is 5.78 Å². The second-order valence-electron chi connectivity index (χ2n) is 7.58. The van der Waals surface area contributed by atoms with Crippen LogP contribution in [0.25, 0.3) is 0 Å². The number of allylic oxidation sites excluding steroid dienone is 1. The van der Waals surface area contributed by atoms with Crippen molar-refractivity contribution in [2.45, 2.75) is 47.0 Å². The second-order valence-corrected chi connectivity index (χ2v) is 7.58. The van der Waals surface area contributed by atoms with Gasteiger partial charge in [0.1, 0.15) is 12.1 Å². The highest BCUT2D eigenvalue weighted by molar-refractivity contribution is 6.15. The van der Waals surface area contributed by atoms with Crippen LogP contribution < -0.4 is 4.90 Å². The maximum atomic E-state index is 11.6. The minimum atomic E-state index is -1.10. The quantitative estimate of drug-likeness (QED) is 0.438. The molecular weight excluding hydrogens is 364 g/mol. The highest BCUT2D eigenvalue weighted by Gasteiger charge is 2.43. The first-order chi connectivity index (χ1) is 13.8. The largest absolute Gasteiger partial charge is 0.369 e. The van der Waals surface area contributed by atoms with Crippen LogP contribution in [-0.4, -0.2) is 56.0 Å². The Labute approximate surface area is 175 Å². The predicted molar refractivity (Wildman–Crippen MR) is 119 cm³/mol. The van der Waals surface area contributed by atoms with Gasteiger partial charge in [-0.25, -0.2) is 0 Å². The van der Waals surface area contributed by atoms with E-state index in [9.17, 15) is 14.4 Å². The average Bonchev–Trinajstić information content (AvgIpc) is 2.74. The lowest BCUT2D eigenvalue weighted by Gasteiger charge is -2.34. The molecule has 5 nitrogen and oxygen atoms in total. The summed E-state index contributed by atoms with van der Waals surface area (Å²) >= 11 is 0. The molecule has 2 fully saturated rings. The number of aryl methyl sites for hydroxylation is 1. The number of carbonyl (C=O) groups excluding carboxylic acids is 3. The standard InChI is InChI=1S/C12H18N2.C10H12O3.C2H6/c1-11-3-5-12(6-4-11)14-9-7-13(2)8-10-14;1-3-10(6-11)5-8(12)4-7(2)9(10)13;1-2/h3-6H,7-10H2,1-2H3;6H,2-5H2,1H3;1-2H3. The minimum absolute atomic E-state index is 0.0465. The topological polar surface area (TPSA) is 57.7 Å². The molecule has 160 valence electrons. The van der Waals surface area contributed by atoms with Gasteiger partial charge in [-0.3, -0.25) is 9.59 Å². The van der Waals surface area contributed by atoms with Crippen LogP contribution in [0.1, 0.15) is 45.6 Å². The number of Topliss-reactive ketones (excluding diaryl/α,β-unsaturated/α-hetero) is 2. The van der Waals surface area contributed by atoms with E-state index in [1.54, 1.807) is 6.92 Å². The zero-order chi connectivity index (χ0) is 22.0. The maximum absolute atomic E-state index is 11.6. The number of hydrogen-bond donors (Lipinski definition) is 0. The molecule has 1 aromatic rings. The van der Waals surface area contributed by atoms with Crippen molar-refractivity contribution >= 4 is 23.5 Å². The Morgan fingerprint density at radius 1 is 1.07 bits per heavy atom. The second kappa shape index (κ2) is 11.7. The molecule has 2 aliphatic rings. The predicted octanol–water partition coefficient (Wildman–Crippen LogP) is 3.84. The van der Waals surface area contributed by atoms with Crippen molar-refractivity contribution in [2.75, 3.05) is 38.1 Å². The number of benzene rings is 1. The van der Waals surface area contributed by atoms with E-state index < -0.39 is 5.41 Å². The molecular formula is C24H36N2O3. The van der Waals surface area contributed by atoms with Gasteiger partial charge in [-0.05, 0) is 38.1 Å². The summed E-state index contributed by atoms with van der Waals surface area (Å²) in [5.41, 5.74) is 1.86. The lowest BCUT2D eigenvalue weighted by Crippen LogP contribution is -2.44. The van der Waals surface area contributed by atoms with E-state index in [4.69, 9.17) is 0 Å². The van der Waals surface area contributed by atoms with Crippen LogP contribution in [0.4, 0.5) is 5.69 Å². The number of nitrogens with zero attached hydrogens (tertiary/aromatic N) is 2. The zero-order valence-electron chi connectivity index (χ0n) is 18.7. The number of aldehydes is 1. The van der Waals surface area contributed by atoms with Gasteiger partial charge >= 0.3 is 0 Å². The first-order valence-corrected chi connectivity index (χ1v) is 10.5. The van der Waals surface area contributed by atoms with E-state index in [0.717, 1.165) is 13.1 Å². The van der Waals surface area contributed by atoms with Crippen molar-refractivity contribution < 1.29 is 14.4 Å². The number of carbonyl (C=O) groups is 3. The third-order valence-electron chi connectivity index (χ3n) is 5.46. The van der Waals surface area contributed by atoms with E-state index in [-0.39, 0.29) is 30.0 Å².